The standard InChI is InChI=1S/C8H11N3O4/c1-4(3-12)10-6(13)5-2-9-8(15)11-7(5)14/h2,4,12H,3H2,1H3,(H,10,13)(H2,9,11,14,15). The first kappa shape index (κ1) is 11.2. The zero-order valence-corrected chi connectivity index (χ0v) is 8.03. The number of hydrogen-bond acceptors (Lipinski definition) is 4. The van der Waals surface area contributed by atoms with Crippen LogP contribution in [0.1, 0.15) is 17.3 Å². The Kier molecular flexibility index (Phi) is 3.40. The van der Waals surface area contributed by atoms with Gasteiger partial charge in [0.15, 0.2) is 0 Å². The molecule has 0 bridgehead atoms. The average molecular weight is 213 g/mol. The van der Waals surface area contributed by atoms with Crippen molar-refractivity contribution in [2.24, 2.45) is 0 Å². The third-order valence-electron chi connectivity index (χ3n) is 1.72. The summed E-state index contributed by atoms with van der Waals surface area (Å²) in [5, 5.41) is 11.1. The third kappa shape index (κ3) is 2.78. The highest BCUT2D eigenvalue weighted by atomic mass is 16.3. The number of amides is 1. The number of H-pyrrole nitrogens is 2. The van der Waals surface area contributed by atoms with E-state index >= 15 is 0 Å². The number of nitrogens with one attached hydrogen (secondary N) is 3. The van der Waals surface area contributed by atoms with E-state index in [2.05, 4.69) is 10.3 Å². The molecule has 1 amide bonds. The molecule has 82 valence electrons. The van der Waals surface area contributed by atoms with Crippen LogP contribution in [0, 0.1) is 0 Å². The maximum atomic E-state index is 11.4. The van der Waals surface area contributed by atoms with Crippen molar-refractivity contribution in [3.8, 4) is 0 Å². The Bertz CT molecular complexity index is 461. The zero-order chi connectivity index (χ0) is 11.4. The van der Waals surface area contributed by atoms with E-state index in [4.69, 9.17) is 5.11 Å². The van der Waals surface area contributed by atoms with E-state index < -0.39 is 23.2 Å². The number of carbonyl (C=O) groups excluding carboxylic acids is 1. The molecule has 1 atom stereocenters. The highest BCUT2D eigenvalue weighted by molar-refractivity contribution is 5.93. The van der Waals surface area contributed by atoms with E-state index in [0.29, 0.717) is 0 Å². The van der Waals surface area contributed by atoms with Gasteiger partial charge in [0.1, 0.15) is 5.56 Å². The Morgan fingerprint density at radius 1 is 1.60 bits per heavy atom. The van der Waals surface area contributed by atoms with E-state index in [1.807, 2.05) is 4.98 Å². The Labute approximate surface area is 84.2 Å². The highest BCUT2D eigenvalue weighted by Crippen LogP contribution is 1.87. The van der Waals surface area contributed by atoms with Crippen molar-refractivity contribution in [2.45, 2.75) is 13.0 Å². The first-order valence-corrected chi connectivity index (χ1v) is 4.28. The summed E-state index contributed by atoms with van der Waals surface area (Å²) in [6.07, 6.45) is 1.03. The van der Waals surface area contributed by atoms with Crippen molar-refractivity contribution >= 4 is 5.91 Å². The van der Waals surface area contributed by atoms with Gasteiger partial charge < -0.3 is 15.4 Å². The molecule has 1 aromatic rings. The molecule has 0 saturated carbocycles. The number of aromatic nitrogens is 2. The quantitative estimate of drug-likeness (QED) is 0.473. The summed E-state index contributed by atoms with van der Waals surface area (Å²) in [6, 6.07) is -0.455. The molecule has 0 aliphatic carbocycles. The molecule has 0 radical (unpaired) electrons. The predicted octanol–water partition coefficient (Wildman–Crippen LogP) is -1.83. The van der Waals surface area contributed by atoms with Crippen molar-refractivity contribution < 1.29 is 9.90 Å². The van der Waals surface area contributed by atoms with Gasteiger partial charge in [-0.1, -0.05) is 0 Å². The molecule has 1 unspecified atom stereocenters. The van der Waals surface area contributed by atoms with Gasteiger partial charge in [-0.15, -0.1) is 0 Å². The molecule has 7 heteroatoms. The topological polar surface area (TPSA) is 115 Å². The van der Waals surface area contributed by atoms with Crippen LogP contribution in [0.3, 0.4) is 0 Å². The molecule has 1 aromatic heterocycles. The van der Waals surface area contributed by atoms with Crippen molar-refractivity contribution in [3.05, 3.63) is 32.6 Å². The summed E-state index contributed by atoms with van der Waals surface area (Å²) in [5.41, 5.74) is -1.64. The molecular formula is C8H11N3O4. The molecule has 0 saturated heterocycles. The summed E-state index contributed by atoms with van der Waals surface area (Å²) in [5.74, 6) is -0.644. The fraction of sp³-hybridized carbons (Fsp3) is 0.375. The first-order valence-electron chi connectivity index (χ1n) is 4.28. The molecular weight excluding hydrogens is 202 g/mol. The molecule has 0 aromatic carbocycles. The molecule has 7 nitrogen and oxygen atoms in total. The highest BCUT2D eigenvalue weighted by Gasteiger charge is 2.12. The van der Waals surface area contributed by atoms with Crippen LogP contribution in [0.5, 0.6) is 0 Å². The van der Waals surface area contributed by atoms with Gasteiger partial charge in [0.05, 0.1) is 6.61 Å². The van der Waals surface area contributed by atoms with Crippen molar-refractivity contribution in [1.29, 1.82) is 0 Å². The Hall–Kier alpha value is -1.89. The summed E-state index contributed by atoms with van der Waals surface area (Å²) in [4.78, 5) is 37.3. The number of rotatable bonds is 3. The molecule has 1 heterocycles. The van der Waals surface area contributed by atoms with Crippen LogP contribution in [0.15, 0.2) is 15.8 Å². The second kappa shape index (κ2) is 4.56. The minimum absolute atomic E-state index is 0.199. The molecule has 15 heavy (non-hydrogen) atoms. The summed E-state index contributed by atoms with van der Waals surface area (Å²) in [6.45, 7) is 1.35. The lowest BCUT2D eigenvalue weighted by molar-refractivity contribution is 0.0920. The van der Waals surface area contributed by atoms with E-state index in [-0.39, 0.29) is 12.2 Å². The maximum absolute atomic E-state index is 11.4. The summed E-state index contributed by atoms with van der Waals surface area (Å²) in [7, 11) is 0. The largest absolute Gasteiger partial charge is 0.394 e. The van der Waals surface area contributed by atoms with Gasteiger partial charge in [-0.3, -0.25) is 14.6 Å². The molecule has 1 rings (SSSR count). The number of aliphatic hydroxyl groups excluding tert-OH is 1. The second-order valence-corrected chi connectivity index (χ2v) is 3.04. The second-order valence-electron chi connectivity index (χ2n) is 3.04. The average Bonchev–Trinajstić information content (AvgIpc) is 2.17. The van der Waals surface area contributed by atoms with Gasteiger partial charge >= 0.3 is 5.69 Å². The molecule has 0 spiro atoms. The number of hydrogen-bond donors (Lipinski definition) is 4. The van der Waals surface area contributed by atoms with Crippen LogP contribution in [-0.4, -0.2) is 33.6 Å². The van der Waals surface area contributed by atoms with Gasteiger partial charge in [-0.05, 0) is 6.92 Å². The normalized spacial score (nSPS) is 12.1. The molecule has 0 aliphatic heterocycles. The lowest BCUT2D eigenvalue weighted by atomic mass is 10.3. The SMILES string of the molecule is CC(CO)NC(=O)c1c[nH]c(=O)[nH]c1=O. The van der Waals surface area contributed by atoms with Crippen LogP contribution in [0.4, 0.5) is 0 Å². The van der Waals surface area contributed by atoms with Gasteiger partial charge in [0.25, 0.3) is 11.5 Å². The van der Waals surface area contributed by atoms with Gasteiger partial charge in [-0.25, -0.2) is 4.79 Å². The van der Waals surface area contributed by atoms with Gasteiger partial charge in [0, 0.05) is 12.2 Å². The van der Waals surface area contributed by atoms with E-state index in [1.165, 1.54) is 0 Å². The Morgan fingerprint density at radius 3 is 2.80 bits per heavy atom. The van der Waals surface area contributed by atoms with Crippen molar-refractivity contribution in [1.82, 2.24) is 15.3 Å². The zero-order valence-electron chi connectivity index (χ0n) is 8.03. The number of aliphatic hydroxyl groups is 1. The van der Waals surface area contributed by atoms with Crippen LogP contribution < -0.4 is 16.6 Å². The third-order valence-corrected chi connectivity index (χ3v) is 1.72. The molecule has 0 fully saturated rings. The Morgan fingerprint density at radius 2 is 2.27 bits per heavy atom. The summed E-state index contributed by atoms with van der Waals surface area (Å²) >= 11 is 0. The summed E-state index contributed by atoms with van der Waals surface area (Å²) < 4.78 is 0. The lowest BCUT2D eigenvalue weighted by Crippen LogP contribution is -2.39. The smallest absolute Gasteiger partial charge is 0.325 e. The maximum Gasteiger partial charge on any atom is 0.325 e. The predicted molar refractivity (Wildman–Crippen MR) is 51.7 cm³/mol. The van der Waals surface area contributed by atoms with Crippen LogP contribution in [0.25, 0.3) is 0 Å². The van der Waals surface area contributed by atoms with Crippen LogP contribution in [-0.2, 0) is 0 Å². The van der Waals surface area contributed by atoms with Gasteiger partial charge in [-0.2, -0.15) is 0 Å². The van der Waals surface area contributed by atoms with E-state index in [1.54, 1.807) is 6.92 Å². The monoisotopic (exact) mass is 213 g/mol. The van der Waals surface area contributed by atoms with Crippen LogP contribution in [0.2, 0.25) is 0 Å². The fourth-order valence-electron chi connectivity index (χ4n) is 0.926. The lowest BCUT2D eigenvalue weighted by Gasteiger charge is -2.09. The van der Waals surface area contributed by atoms with E-state index in [0.717, 1.165) is 6.20 Å². The van der Waals surface area contributed by atoms with Gasteiger partial charge in [0.2, 0.25) is 0 Å². The first-order chi connectivity index (χ1) is 7.04. The fourth-order valence-corrected chi connectivity index (χ4v) is 0.926. The number of carbonyl (C=O) groups is 1. The van der Waals surface area contributed by atoms with E-state index in [9.17, 15) is 14.4 Å². The molecule has 0 aliphatic rings. The van der Waals surface area contributed by atoms with Crippen LogP contribution >= 0.6 is 0 Å². The van der Waals surface area contributed by atoms with Crippen molar-refractivity contribution in [3.63, 3.8) is 0 Å². The molecule has 4 N–H and O–H groups in total. The minimum Gasteiger partial charge on any atom is -0.394 e. The van der Waals surface area contributed by atoms with Crippen molar-refractivity contribution in [2.75, 3.05) is 6.61 Å². The number of aromatic amines is 2. The Balaban J connectivity index is 2.92. The minimum atomic E-state index is -0.763.